The van der Waals surface area contributed by atoms with Gasteiger partial charge >= 0.3 is 0 Å². The van der Waals surface area contributed by atoms with Crippen LogP contribution in [0.3, 0.4) is 0 Å². The van der Waals surface area contributed by atoms with Gasteiger partial charge in [-0.15, -0.1) is 0 Å². The molecule has 2 N–H and O–H groups in total. The Morgan fingerprint density at radius 2 is 1.36 bits per heavy atom. The molecular formula is C20H34O2. The van der Waals surface area contributed by atoms with Crippen LogP contribution in [0.1, 0.15) is 64.7 Å². The highest BCUT2D eigenvalue weighted by Crippen LogP contribution is 2.02. The molecule has 2 heteroatoms. The van der Waals surface area contributed by atoms with Crippen molar-refractivity contribution in [2.45, 2.75) is 70.8 Å². The van der Waals surface area contributed by atoms with Crippen molar-refractivity contribution in [2.75, 3.05) is 6.61 Å². The summed E-state index contributed by atoms with van der Waals surface area (Å²) in [6.45, 7) is 2.44. The van der Waals surface area contributed by atoms with Crippen molar-refractivity contribution in [3.05, 3.63) is 48.6 Å². The SMILES string of the molecule is CCCC[C@@H](O)C=CCC=CCC=CCC=CCCCCO. The molecule has 2 nitrogen and oxygen atoms in total. The predicted molar refractivity (Wildman–Crippen MR) is 96.9 cm³/mol. The molecule has 0 aliphatic carbocycles. The molecule has 0 spiro atoms. The normalized spacial score (nSPS) is 14.1. The maximum atomic E-state index is 9.63. The van der Waals surface area contributed by atoms with Crippen LogP contribution in [0.5, 0.6) is 0 Å². The molecule has 0 aliphatic rings. The van der Waals surface area contributed by atoms with Crippen LogP contribution >= 0.6 is 0 Å². The number of hydrogen-bond donors (Lipinski definition) is 2. The van der Waals surface area contributed by atoms with Gasteiger partial charge in [0.2, 0.25) is 0 Å². The topological polar surface area (TPSA) is 40.5 Å². The quantitative estimate of drug-likeness (QED) is 0.346. The lowest BCUT2D eigenvalue weighted by molar-refractivity contribution is 0.209. The molecule has 0 radical (unpaired) electrons. The lowest BCUT2D eigenvalue weighted by Crippen LogP contribution is -2.00. The standard InChI is InChI=1S/C20H34O2/c1-2-3-17-20(22)18-15-13-11-9-7-5-4-6-8-10-12-14-16-19-21/h4-5,8-11,15,18,20-22H,2-3,6-7,12-14,16-17,19H2,1H3/t20-/m1/s1. The van der Waals surface area contributed by atoms with Crippen LogP contribution in [0.2, 0.25) is 0 Å². The van der Waals surface area contributed by atoms with Crippen LogP contribution in [0, 0.1) is 0 Å². The number of aliphatic hydroxyl groups is 2. The molecule has 0 amide bonds. The highest BCUT2D eigenvalue weighted by atomic mass is 16.3. The maximum absolute atomic E-state index is 9.63. The molecule has 0 saturated carbocycles. The van der Waals surface area contributed by atoms with Crippen molar-refractivity contribution < 1.29 is 10.2 Å². The largest absolute Gasteiger partial charge is 0.396 e. The fourth-order valence-electron chi connectivity index (χ4n) is 1.95. The summed E-state index contributed by atoms with van der Waals surface area (Å²) in [4.78, 5) is 0. The van der Waals surface area contributed by atoms with Gasteiger partial charge in [-0.25, -0.2) is 0 Å². The second-order valence-corrected chi connectivity index (χ2v) is 5.48. The van der Waals surface area contributed by atoms with E-state index in [1.165, 1.54) is 0 Å². The van der Waals surface area contributed by atoms with Crippen LogP contribution in [0.25, 0.3) is 0 Å². The average molecular weight is 306 g/mol. The molecule has 0 aromatic heterocycles. The summed E-state index contributed by atoms with van der Waals surface area (Å²) in [5.74, 6) is 0. The lowest BCUT2D eigenvalue weighted by atomic mass is 10.1. The van der Waals surface area contributed by atoms with Gasteiger partial charge in [0.05, 0.1) is 6.10 Å². The molecule has 0 saturated heterocycles. The molecule has 126 valence electrons. The first-order valence-corrected chi connectivity index (χ1v) is 8.71. The summed E-state index contributed by atoms with van der Waals surface area (Å²) in [6, 6.07) is 0. The van der Waals surface area contributed by atoms with E-state index in [1.54, 1.807) is 0 Å². The van der Waals surface area contributed by atoms with E-state index in [1.807, 2.05) is 12.2 Å². The molecule has 22 heavy (non-hydrogen) atoms. The zero-order valence-electron chi connectivity index (χ0n) is 14.2. The van der Waals surface area contributed by atoms with Gasteiger partial charge in [-0.3, -0.25) is 0 Å². The second-order valence-electron chi connectivity index (χ2n) is 5.48. The Kier molecular flexibility index (Phi) is 17.0. The van der Waals surface area contributed by atoms with Gasteiger partial charge in [-0.2, -0.15) is 0 Å². The van der Waals surface area contributed by atoms with Gasteiger partial charge in [-0.05, 0) is 44.9 Å². The van der Waals surface area contributed by atoms with E-state index in [0.717, 1.165) is 57.8 Å². The molecular weight excluding hydrogens is 272 g/mol. The Hall–Kier alpha value is -1.12. The molecule has 1 atom stereocenters. The zero-order valence-corrected chi connectivity index (χ0v) is 14.2. The van der Waals surface area contributed by atoms with Crippen molar-refractivity contribution in [1.29, 1.82) is 0 Å². The van der Waals surface area contributed by atoms with Crippen molar-refractivity contribution in [1.82, 2.24) is 0 Å². The Labute approximate surface area is 137 Å². The average Bonchev–Trinajstić information content (AvgIpc) is 2.53. The van der Waals surface area contributed by atoms with Crippen LogP contribution < -0.4 is 0 Å². The van der Waals surface area contributed by atoms with Gasteiger partial charge in [0.25, 0.3) is 0 Å². The summed E-state index contributed by atoms with van der Waals surface area (Å²) in [5.41, 5.74) is 0. The van der Waals surface area contributed by atoms with E-state index >= 15 is 0 Å². The van der Waals surface area contributed by atoms with Gasteiger partial charge in [0.1, 0.15) is 0 Å². The minimum Gasteiger partial charge on any atom is -0.396 e. The van der Waals surface area contributed by atoms with E-state index in [2.05, 4.69) is 43.4 Å². The molecule has 0 heterocycles. The van der Waals surface area contributed by atoms with Crippen LogP contribution in [0.15, 0.2) is 48.6 Å². The minimum atomic E-state index is -0.280. The molecule has 0 bridgehead atoms. The minimum absolute atomic E-state index is 0.280. The Bertz CT molecular complexity index is 327. The summed E-state index contributed by atoms with van der Waals surface area (Å²) in [5, 5.41) is 18.3. The Morgan fingerprint density at radius 3 is 1.95 bits per heavy atom. The second kappa shape index (κ2) is 17.9. The van der Waals surface area contributed by atoms with E-state index in [-0.39, 0.29) is 6.10 Å². The van der Waals surface area contributed by atoms with Crippen molar-refractivity contribution in [3.63, 3.8) is 0 Å². The van der Waals surface area contributed by atoms with E-state index in [9.17, 15) is 5.11 Å². The third-order valence-corrected chi connectivity index (χ3v) is 3.31. The smallest absolute Gasteiger partial charge is 0.0721 e. The summed E-state index contributed by atoms with van der Waals surface area (Å²) in [6.07, 6.45) is 25.6. The molecule has 0 aliphatic heterocycles. The Morgan fingerprint density at radius 1 is 0.773 bits per heavy atom. The van der Waals surface area contributed by atoms with Crippen molar-refractivity contribution >= 4 is 0 Å². The van der Waals surface area contributed by atoms with Gasteiger partial charge in [0, 0.05) is 6.61 Å². The lowest BCUT2D eigenvalue weighted by Gasteiger charge is -2.02. The number of allylic oxidation sites excluding steroid dienone is 7. The Balaban J connectivity index is 3.49. The number of unbranched alkanes of at least 4 members (excludes halogenated alkanes) is 3. The van der Waals surface area contributed by atoms with Gasteiger partial charge < -0.3 is 10.2 Å². The first-order valence-electron chi connectivity index (χ1n) is 8.71. The predicted octanol–water partition coefficient (Wildman–Crippen LogP) is 5.10. The summed E-state index contributed by atoms with van der Waals surface area (Å²) in [7, 11) is 0. The third-order valence-electron chi connectivity index (χ3n) is 3.31. The third kappa shape index (κ3) is 16.9. The van der Waals surface area contributed by atoms with Gasteiger partial charge in [-0.1, -0.05) is 68.4 Å². The molecule has 0 unspecified atom stereocenters. The monoisotopic (exact) mass is 306 g/mol. The molecule has 0 rings (SSSR count). The number of aliphatic hydroxyl groups excluding tert-OH is 2. The highest BCUT2D eigenvalue weighted by Gasteiger charge is 1.95. The summed E-state index contributed by atoms with van der Waals surface area (Å²) < 4.78 is 0. The maximum Gasteiger partial charge on any atom is 0.0721 e. The zero-order chi connectivity index (χ0) is 16.3. The van der Waals surface area contributed by atoms with Crippen molar-refractivity contribution in [3.8, 4) is 0 Å². The highest BCUT2D eigenvalue weighted by molar-refractivity contribution is 5.00. The molecule has 0 aromatic rings. The number of hydrogen-bond acceptors (Lipinski definition) is 2. The van der Waals surface area contributed by atoms with Crippen molar-refractivity contribution in [2.24, 2.45) is 0 Å². The first kappa shape index (κ1) is 20.9. The molecule has 0 fully saturated rings. The van der Waals surface area contributed by atoms with Crippen LogP contribution in [-0.2, 0) is 0 Å². The van der Waals surface area contributed by atoms with E-state index < -0.39 is 0 Å². The fraction of sp³-hybridized carbons (Fsp3) is 0.600. The van der Waals surface area contributed by atoms with Crippen LogP contribution in [-0.4, -0.2) is 22.9 Å². The van der Waals surface area contributed by atoms with Gasteiger partial charge in [0.15, 0.2) is 0 Å². The first-order chi connectivity index (χ1) is 10.8. The fourth-order valence-corrected chi connectivity index (χ4v) is 1.95. The number of rotatable bonds is 14. The summed E-state index contributed by atoms with van der Waals surface area (Å²) >= 11 is 0. The van der Waals surface area contributed by atoms with Crippen LogP contribution in [0.4, 0.5) is 0 Å². The molecule has 0 aromatic carbocycles. The van der Waals surface area contributed by atoms with E-state index in [0.29, 0.717) is 6.61 Å². The van der Waals surface area contributed by atoms with E-state index in [4.69, 9.17) is 5.11 Å².